The van der Waals surface area contributed by atoms with Gasteiger partial charge in [-0.2, -0.15) is 14.9 Å². The molecule has 3 heterocycles. The van der Waals surface area contributed by atoms with E-state index in [1.165, 1.54) is 19.0 Å². The predicted molar refractivity (Wildman–Crippen MR) is 135 cm³/mol. The number of aromatic nitrogens is 6. The van der Waals surface area contributed by atoms with E-state index in [2.05, 4.69) is 38.5 Å². The molecule has 1 amide bonds. The lowest BCUT2D eigenvalue weighted by Gasteiger charge is -2.11. The van der Waals surface area contributed by atoms with Crippen molar-refractivity contribution in [3.63, 3.8) is 0 Å². The molecule has 5 aromatic rings. The molecule has 0 saturated carbocycles. The molecule has 0 spiro atoms. The van der Waals surface area contributed by atoms with Crippen LogP contribution in [-0.4, -0.2) is 49.7 Å². The summed E-state index contributed by atoms with van der Waals surface area (Å²) in [6.45, 7) is 5.94. The number of aryl methyl sites for hydroxylation is 3. The summed E-state index contributed by atoms with van der Waals surface area (Å²) in [6, 6.07) is 12.9. The Balaban J connectivity index is 1.54. The molecule has 182 valence electrons. The maximum absolute atomic E-state index is 13.1. The number of carbonyl (C=O) groups is 1. The second-order valence-electron chi connectivity index (χ2n) is 8.39. The first-order valence-corrected chi connectivity index (χ1v) is 11.3. The van der Waals surface area contributed by atoms with Crippen LogP contribution in [-0.2, 0) is 0 Å². The number of methoxy groups -OCH3 is 2. The molecule has 2 aromatic carbocycles. The molecule has 0 saturated heterocycles. The number of nitrogens with one attached hydrogen (secondary N) is 1. The Kier molecular flexibility index (Phi) is 5.85. The normalized spacial score (nSPS) is 11.0. The molecule has 0 fully saturated rings. The highest BCUT2D eigenvalue weighted by atomic mass is 16.5. The van der Waals surface area contributed by atoms with Crippen molar-refractivity contribution >= 4 is 22.8 Å². The molecule has 36 heavy (non-hydrogen) atoms. The molecule has 0 atom stereocenters. The van der Waals surface area contributed by atoms with E-state index >= 15 is 0 Å². The second kappa shape index (κ2) is 9.14. The Morgan fingerprint density at radius 3 is 2.47 bits per heavy atom. The number of rotatable bonds is 6. The van der Waals surface area contributed by atoms with Gasteiger partial charge in [0.05, 0.1) is 37.2 Å². The minimum atomic E-state index is -0.326. The molecule has 0 aliphatic carbocycles. The Bertz CT molecular complexity index is 1600. The number of carbonyl (C=O) groups excluding carboxylic acids is 1. The van der Waals surface area contributed by atoms with Gasteiger partial charge < -0.3 is 14.8 Å². The number of fused-ring (bicyclic) bond motifs is 1. The van der Waals surface area contributed by atoms with Gasteiger partial charge in [0.2, 0.25) is 0 Å². The third-order valence-corrected chi connectivity index (χ3v) is 5.84. The van der Waals surface area contributed by atoms with E-state index in [1.54, 1.807) is 46.9 Å². The molecule has 5 rings (SSSR count). The largest absolute Gasteiger partial charge is 0.493 e. The summed E-state index contributed by atoms with van der Waals surface area (Å²) in [5.41, 5.74) is 4.94. The zero-order valence-electron chi connectivity index (χ0n) is 20.6. The smallest absolute Gasteiger partial charge is 0.256 e. The van der Waals surface area contributed by atoms with Crippen LogP contribution in [0, 0.1) is 20.8 Å². The maximum atomic E-state index is 13.1. The summed E-state index contributed by atoms with van der Waals surface area (Å²) in [4.78, 5) is 22.1. The number of amides is 1. The van der Waals surface area contributed by atoms with Crippen molar-refractivity contribution in [2.24, 2.45) is 0 Å². The third-order valence-electron chi connectivity index (χ3n) is 5.84. The van der Waals surface area contributed by atoms with E-state index in [4.69, 9.17) is 9.47 Å². The fraction of sp³-hybridized carbons (Fsp3) is 0.192. The Hall–Kier alpha value is -4.73. The first-order chi connectivity index (χ1) is 17.4. The lowest BCUT2D eigenvalue weighted by molar-refractivity contribution is 0.102. The van der Waals surface area contributed by atoms with Crippen molar-refractivity contribution in [2.75, 3.05) is 19.5 Å². The van der Waals surface area contributed by atoms with Crippen LogP contribution in [0.4, 0.5) is 5.82 Å². The van der Waals surface area contributed by atoms with Crippen LogP contribution >= 0.6 is 0 Å². The summed E-state index contributed by atoms with van der Waals surface area (Å²) in [6.07, 6.45) is 3.18. The highest BCUT2D eigenvalue weighted by Gasteiger charge is 2.19. The number of anilines is 1. The van der Waals surface area contributed by atoms with Gasteiger partial charge in [-0.1, -0.05) is 17.7 Å². The van der Waals surface area contributed by atoms with E-state index in [9.17, 15) is 4.79 Å². The fourth-order valence-corrected chi connectivity index (χ4v) is 4.14. The van der Waals surface area contributed by atoms with Crippen LogP contribution in [0.25, 0.3) is 22.5 Å². The zero-order valence-corrected chi connectivity index (χ0v) is 20.6. The van der Waals surface area contributed by atoms with E-state index in [1.807, 2.05) is 26.0 Å². The van der Waals surface area contributed by atoms with Gasteiger partial charge in [-0.3, -0.25) is 4.79 Å². The molecule has 0 radical (unpaired) electrons. The zero-order chi connectivity index (χ0) is 25.4. The molecule has 1 N–H and O–H groups in total. The molecule has 0 aliphatic rings. The number of ether oxygens (including phenoxy) is 2. The molecule has 0 aliphatic heterocycles. The first-order valence-electron chi connectivity index (χ1n) is 11.3. The van der Waals surface area contributed by atoms with Crippen molar-refractivity contribution in [2.45, 2.75) is 20.8 Å². The maximum Gasteiger partial charge on any atom is 0.256 e. The Morgan fingerprint density at radius 1 is 0.917 bits per heavy atom. The average Bonchev–Trinajstić information content (AvgIpc) is 3.46. The Labute approximate surface area is 207 Å². The lowest BCUT2D eigenvalue weighted by atomic mass is 10.1. The van der Waals surface area contributed by atoms with Crippen LogP contribution in [0.15, 0.2) is 55.0 Å². The number of hydrogen-bond acceptors (Lipinski definition) is 7. The SMILES string of the molecule is COc1ccc(C(=O)Nc2cc(C)nn2-c2ncnc3c2cnn3-c2ccc(C)cc2C)cc1OC. The lowest BCUT2D eigenvalue weighted by Crippen LogP contribution is -2.16. The standard InChI is InChI=1S/C26H25N7O3/c1-15-6-8-20(16(2)10-15)32-24-19(13-29-32)25(28-14-27-24)33-23(11-17(3)31-33)30-26(34)18-7-9-21(35-4)22(12-18)36-5/h6-14H,1-5H3,(H,30,34). The fourth-order valence-electron chi connectivity index (χ4n) is 4.14. The topological polar surface area (TPSA) is 109 Å². The molecule has 10 heteroatoms. The Morgan fingerprint density at radius 2 is 1.72 bits per heavy atom. The monoisotopic (exact) mass is 483 g/mol. The van der Waals surface area contributed by atoms with Crippen LogP contribution < -0.4 is 14.8 Å². The van der Waals surface area contributed by atoms with Gasteiger partial charge in [0.25, 0.3) is 5.91 Å². The van der Waals surface area contributed by atoms with Crippen LogP contribution in [0.2, 0.25) is 0 Å². The van der Waals surface area contributed by atoms with Gasteiger partial charge in [-0.15, -0.1) is 0 Å². The summed E-state index contributed by atoms with van der Waals surface area (Å²) >= 11 is 0. The highest BCUT2D eigenvalue weighted by molar-refractivity contribution is 6.04. The minimum absolute atomic E-state index is 0.326. The van der Waals surface area contributed by atoms with Crippen molar-refractivity contribution in [3.8, 4) is 23.0 Å². The molecule has 0 unspecified atom stereocenters. The van der Waals surface area contributed by atoms with Crippen LogP contribution in [0.1, 0.15) is 27.2 Å². The molecular formula is C26H25N7O3. The molecule has 3 aromatic heterocycles. The summed E-state index contributed by atoms with van der Waals surface area (Å²) in [7, 11) is 3.07. The summed E-state index contributed by atoms with van der Waals surface area (Å²) < 4.78 is 14.0. The van der Waals surface area contributed by atoms with Gasteiger partial charge >= 0.3 is 0 Å². The molecule has 0 bridgehead atoms. The predicted octanol–water partition coefficient (Wildman–Crippen LogP) is 4.20. The van der Waals surface area contributed by atoms with E-state index in [0.29, 0.717) is 45.4 Å². The van der Waals surface area contributed by atoms with E-state index < -0.39 is 0 Å². The molecular weight excluding hydrogens is 458 g/mol. The van der Waals surface area contributed by atoms with Crippen LogP contribution in [0.5, 0.6) is 11.5 Å². The van der Waals surface area contributed by atoms with E-state index in [0.717, 1.165) is 11.3 Å². The van der Waals surface area contributed by atoms with Gasteiger partial charge in [0, 0.05) is 11.6 Å². The quantitative estimate of drug-likeness (QED) is 0.386. The number of nitrogens with zero attached hydrogens (tertiary/aromatic N) is 6. The van der Waals surface area contributed by atoms with Crippen molar-refractivity contribution in [1.82, 2.24) is 29.5 Å². The minimum Gasteiger partial charge on any atom is -0.493 e. The average molecular weight is 484 g/mol. The van der Waals surface area contributed by atoms with Crippen molar-refractivity contribution in [3.05, 3.63) is 77.4 Å². The van der Waals surface area contributed by atoms with Gasteiger partial charge in [-0.25, -0.2) is 14.6 Å². The highest BCUT2D eigenvalue weighted by Crippen LogP contribution is 2.29. The molecule has 10 nitrogen and oxygen atoms in total. The van der Waals surface area contributed by atoms with Crippen molar-refractivity contribution < 1.29 is 14.3 Å². The van der Waals surface area contributed by atoms with Crippen molar-refractivity contribution in [1.29, 1.82) is 0 Å². The second-order valence-corrected chi connectivity index (χ2v) is 8.39. The first kappa shape index (κ1) is 23.0. The number of benzene rings is 2. The van der Waals surface area contributed by atoms with E-state index in [-0.39, 0.29) is 5.91 Å². The summed E-state index contributed by atoms with van der Waals surface area (Å²) in [5.74, 6) is 1.65. The van der Waals surface area contributed by atoms with Gasteiger partial charge in [-0.05, 0) is 50.6 Å². The number of hydrogen-bond donors (Lipinski definition) is 1. The van der Waals surface area contributed by atoms with Gasteiger partial charge in [0.1, 0.15) is 12.1 Å². The third kappa shape index (κ3) is 4.02. The van der Waals surface area contributed by atoms with Crippen LogP contribution in [0.3, 0.4) is 0 Å². The summed E-state index contributed by atoms with van der Waals surface area (Å²) in [5, 5.41) is 12.8. The van der Waals surface area contributed by atoms with Gasteiger partial charge in [0.15, 0.2) is 23.0 Å².